The fourth-order valence-electron chi connectivity index (χ4n) is 1.68. The minimum absolute atomic E-state index is 0.491. The molecule has 0 saturated carbocycles. The van der Waals surface area contributed by atoms with Crippen LogP contribution in [0.4, 0.5) is 5.69 Å². The summed E-state index contributed by atoms with van der Waals surface area (Å²) in [6.07, 6.45) is 0. The van der Waals surface area contributed by atoms with E-state index in [0.717, 1.165) is 0 Å². The number of carbonyl (C=O) groups is 2. The fraction of sp³-hybridized carbons (Fsp3) is 0.250. The molecule has 0 bridgehead atoms. The van der Waals surface area contributed by atoms with E-state index in [0.29, 0.717) is 22.7 Å². The predicted octanol–water partition coefficient (Wildman–Crippen LogP) is 0.511. The van der Waals surface area contributed by atoms with Crippen LogP contribution < -0.4 is 10.6 Å². The number of rotatable bonds is 3. The molecule has 3 N–H and O–H groups in total. The topological polar surface area (TPSA) is 110 Å². The van der Waals surface area contributed by atoms with E-state index >= 15 is 0 Å². The highest BCUT2D eigenvalue weighted by Gasteiger charge is 2.25. The van der Waals surface area contributed by atoms with Crippen LogP contribution in [0.3, 0.4) is 0 Å². The lowest BCUT2D eigenvalue weighted by Crippen LogP contribution is -2.46. The van der Waals surface area contributed by atoms with Crippen molar-refractivity contribution in [3.8, 4) is 0 Å². The number of carboxylic acids is 1. The number of hydrogen-bond acceptors (Lipinski definition) is 5. The van der Waals surface area contributed by atoms with Gasteiger partial charge in [-0.3, -0.25) is 4.79 Å². The lowest BCUT2D eigenvalue weighted by molar-refractivity contribution is -0.142. The summed E-state index contributed by atoms with van der Waals surface area (Å²) in [5.74, 6) is -1.56. The summed E-state index contributed by atoms with van der Waals surface area (Å²) >= 11 is 0. The van der Waals surface area contributed by atoms with Crippen molar-refractivity contribution in [2.75, 3.05) is 11.9 Å². The molecule has 1 amide bonds. The summed E-state index contributed by atoms with van der Waals surface area (Å²) in [5.41, 5.74) is 6.98. The lowest BCUT2D eigenvalue weighted by Gasteiger charge is -2.19. The highest BCUT2D eigenvalue weighted by Crippen LogP contribution is 2.22. The van der Waals surface area contributed by atoms with Gasteiger partial charge in [0.1, 0.15) is 5.52 Å². The summed E-state index contributed by atoms with van der Waals surface area (Å²) in [4.78, 5) is 27.8. The number of benzene rings is 1. The van der Waals surface area contributed by atoms with Gasteiger partial charge in [-0.1, -0.05) is 0 Å². The predicted molar refractivity (Wildman–Crippen MR) is 67.8 cm³/mol. The highest BCUT2D eigenvalue weighted by molar-refractivity contribution is 6.09. The zero-order valence-electron chi connectivity index (χ0n) is 10.5. The molecule has 1 heterocycles. The summed E-state index contributed by atoms with van der Waals surface area (Å²) < 4.78 is 5.35. The molecule has 0 fully saturated rings. The number of aromatic nitrogens is 1. The maximum Gasteiger partial charge on any atom is 0.330 e. The molecule has 0 aliphatic carbocycles. The number of amides is 1. The molecule has 2 aromatic rings. The van der Waals surface area contributed by atoms with Crippen molar-refractivity contribution in [3.05, 3.63) is 24.1 Å². The van der Waals surface area contributed by atoms with Crippen molar-refractivity contribution in [1.29, 1.82) is 0 Å². The number of aryl methyl sites for hydroxylation is 1. The van der Waals surface area contributed by atoms with E-state index in [9.17, 15) is 9.59 Å². The Balaban J connectivity index is 2.33. The van der Waals surface area contributed by atoms with Crippen molar-refractivity contribution in [1.82, 2.24) is 4.98 Å². The van der Waals surface area contributed by atoms with Crippen molar-refractivity contribution in [2.24, 2.45) is 5.73 Å². The second kappa shape index (κ2) is 4.69. The first kappa shape index (κ1) is 13.0. The molecule has 7 nitrogen and oxygen atoms in total. The Hall–Kier alpha value is -2.41. The van der Waals surface area contributed by atoms with Crippen LogP contribution in [0.25, 0.3) is 11.1 Å². The number of likely N-dealkylation sites (N-methyl/N-ethyl adjacent to an activating group) is 1. The molecule has 0 saturated heterocycles. The summed E-state index contributed by atoms with van der Waals surface area (Å²) in [6.45, 7) is 1.72. The molecule has 1 atom stereocenters. The standard InChI is InChI=1S/C12H13N3O4/c1-6-14-8-4-3-7(5-9(8)19-6)15(2)11(16)10(13)12(17)18/h3-5,10H,13H2,1-2H3,(H,17,18). The zero-order chi connectivity index (χ0) is 14.2. The van der Waals surface area contributed by atoms with Gasteiger partial charge >= 0.3 is 5.97 Å². The Kier molecular flexibility index (Phi) is 3.22. The molecule has 2 rings (SSSR count). The second-order valence-corrected chi connectivity index (χ2v) is 4.10. The number of carboxylic acid groups (broad SMARTS) is 1. The molecule has 7 heteroatoms. The van der Waals surface area contributed by atoms with Gasteiger partial charge in [0.2, 0.25) is 0 Å². The molecule has 0 aliphatic rings. The monoisotopic (exact) mass is 263 g/mol. The van der Waals surface area contributed by atoms with Gasteiger partial charge in [0.15, 0.2) is 17.5 Å². The quantitative estimate of drug-likeness (QED) is 0.781. The van der Waals surface area contributed by atoms with Gasteiger partial charge in [-0.15, -0.1) is 0 Å². The third-order valence-corrected chi connectivity index (χ3v) is 2.73. The average Bonchev–Trinajstić information content (AvgIpc) is 2.74. The molecule has 0 spiro atoms. The minimum Gasteiger partial charge on any atom is -0.480 e. The summed E-state index contributed by atoms with van der Waals surface area (Å²) in [6, 6.07) is 3.37. The van der Waals surface area contributed by atoms with Crippen LogP contribution in [0.15, 0.2) is 22.6 Å². The third-order valence-electron chi connectivity index (χ3n) is 2.73. The van der Waals surface area contributed by atoms with Gasteiger partial charge in [0.25, 0.3) is 5.91 Å². The first-order valence-electron chi connectivity index (χ1n) is 5.53. The Morgan fingerprint density at radius 3 is 2.79 bits per heavy atom. The van der Waals surface area contributed by atoms with Crippen molar-refractivity contribution < 1.29 is 19.1 Å². The number of hydrogen-bond donors (Lipinski definition) is 2. The maximum absolute atomic E-state index is 11.8. The van der Waals surface area contributed by atoms with Gasteiger partial charge in [-0.25, -0.2) is 9.78 Å². The largest absolute Gasteiger partial charge is 0.480 e. The van der Waals surface area contributed by atoms with Crippen LogP contribution in [-0.4, -0.2) is 35.1 Å². The normalized spacial score (nSPS) is 12.4. The molecular formula is C12H13N3O4. The number of anilines is 1. The van der Waals surface area contributed by atoms with Gasteiger partial charge < -0.3 is 20.2 Å². The van der Waals surface area contributed by atoms with Gasteiger partial charge in [0, 0.05) is 25.7 Å². The Morgan fingerprint density at radius 1 is 1.47 bits per heavy atom. The Morgan fingerprint density at radius 2 is 2.16 bits per heavy atom. The number of nitrogens with two attached hydrogens (primary N) is 1. The van der Waals surface area contributed by atoms with E-state index < -0.39 is 17.9 Å². The smallest absolute Gasteiger partial charge is 0.330 e. The second-order valence-electron chi connectivity index (χ2n) is 4.10. The Labute approximate surface area is 108 Å². The summed E-state index contributed by atoms with van der Waals surface area (Å²) in [7, 11) is 1.45. The molecule has 0 aliphatic heterocycles. The van der Waals surface area contributed by atoms with E-state index in [1.54, 1.807) is 25.1 Å². The third kappa shape index (κ3) is 2.41. The van der Waals surface area contributed by atoms with Crippen molar-refractivity contribution in [2.45, 2.75) is 13.0 Å². The SMILES string of the molecule is Cc1nc2ccc(N(C)C(=O)C(N)C(=O)O)cc2o1. The number of fused-ring (bicyclic) bond motifs is 1. The van der Waals surface area contributed by atoms with Gasteiger partial charge in [-0.05, 0) is 12.1 Å². The van der Waals surface area contributed by atoms with Crippen LogP contribution in [0, 0.1) is 6.92 Å². The number of nitrogens with zero attached hydrogens (tertiary/aromatic N) is 2. The molecule has 100 valence electrons. The van der Waals surface area contributed by atoms with E-state index in [2.05, 4.69) is 4.98 Å². The number of carbonyl (C=O) groups excluding carboxylic acids is 1. The minimum atomic E-state index is -1.59. The van der Waals surface area contributed by atoms with Crippen molar-refractivity contribution in [3.63, 3.8) is 0 Å². The van der Waals surface area contributed by atoms with Gasteiger partial charge in [0.05, 0.1) is 0 Å². The number of aliphatic carboxylic acids is 1. The first-order chi connectivity index (χ1) is 8.90. The lowest BCUT2D eigenvalue weighted by atomic mass is 10.2. The van der Waals surface area contributed by atoms with E-state index in [1.807, 2.05) is 0 Å². The Bertz CT molecular complexity index is 649. The van der Waals surface area contributed by atoms with Crippen molar-refractivity contribution >= 4 is 28.7 Å². The molecule has 0 radical (unpaired) electrons. The van der Waals surface area contributed by atoms with Crippen LogP contribution in [0.2, 0.25) is 0 Å². The molecule has 1 aromatic heterocycles. The highest BCUT2D eigenvalue weighted by atomic mass is 16.4. The van der Waals surface area contributed by atoms with E-state index in [1.165, 1.54) is 11.9 Å². The van der Waals surface area contributed by atoms with E-state index in [4.69, 9.17) is 15.3 Å². The maximum atomic E-state index is 11.8. The van der Waals surface area contributed by atoms with Crippen LogP contribution in [-0.2, 0) is 9.59 Å². The molecular weight excluding hydrogens is 250 g/mol. The molecule has 1 aromatic carbocycles. The molecule has 1 unspecified atom stereocenters. The van der Waals surface area contributed by atoms with Gasteiger partial charge in [-0.2, -0.15) is 0 Å². The van der Waals surface area contributed by atoms with E-state index in [-0.39, 0.29) is 0 Å². The van der Waals surface area contributed by atoms with Crippen LogP contribution in [0.5, 0.6) is 0 Å². The summed E-state index contributed by atoms with van der Waals surface area (Å²) in [5, 5.41) is 8.72. The fourth-order valence-corrected chi connectivity index (χ4v) is 1.68. The number of oxazole rings is 1. The average molecular weight is 263 g/mol. The first-order valence-corrected chi connectivity index (χ1v) is 5.53. The van der Waals surface area contributed by atoms with Crippen LogP contribution >= 0.6 is 0 Å². The molecule has 19 heavy (non-hydrogen) atoms. The van der Waals surface area contributed by atoms with Crippen LogP contribution in [0.1, 0.15) is 5.89 Å². The zero-order valence-corrected chi connectivity index (χ0v) is 10.5.